The van der Waals surface area contributed by atoms with Crippen LogP contribution < -0.4 is 11.3 Å². The topological polar surface area (TPSA) is 104 Å². The van der Waals surface area contributed by atoms with Gasteiger partial charge < -0.3 is 5.84 Å². The molecule has 0 saturated carbocycles. The molecule has 42 valence electrons. The maximum Gasteiger partial charge on any atom is 0.246 e. The van der Waals surface area contributed by atoms with E-state index in [1.165, 1.54) is 6.07 Å². The summed E-state index contributed by atoms with van der Waals surface area (Å²) in [7, 11) is 0. The standard InChI is InChI=1S/C2H3N5O/c3-1-2(5-4)6-7-8/h4H2,(H,5,6,8). The fraction of sp³-hybridized carbons (Fsp3) is 0. The monoisotopic (exact) mass is 113 g/mol. The fourth-order valence-electron chi connectivity index (χ4n) is 0.126. The number of hydrogen-bond donors (Lipinski definition) is 2. The van der Waals surface area contributed by atoms with Crippen molar-refractivity contribution in [1.82, 2.24) is 5.43 Å². The first-order valence-electron chi connectivity index (χ1n) is 1.61. The summed E-state index contributed by atoms with van der Waals surface area (Å²) in [5, 5.41) is 12.9. The van der Waals surface area contributed by atoms with Crippen molar-refractivity contribution in [1.29, 1.82) is 5.26 Å². The Morgan fingerprint density at radius 1 is 1.88 bits per heavy atom. The van der Waals surface area contributed by atoms with Crippen molar-refractivity contribution in [3.05, 3.63) is 4.91 Å². The van der Waals surface area contributed by atoms with E-state index in [1.54, 1.807) is 5.43 Å². The van der Waals surface area contributed by atoms with Gasteiger partial charge >= 0.3 is 0 Å². The first-order valence-corrected chi connectivity index (χ1v) is 1.61. The Morgan fingerprint density at radius 3 is 2.62 bits per heavy atom. The normalized spacial score (nSPS) is 9.62. The molecule has 0 radical (unpaired) electrons. The molecule has 0 aliphatic rings. The molecule has 3 N–H and O–H groups in total. The van der Waals surface area contributed by atoms with E-state index in [1.807, 2.05) is 0 Å². The van der Waals surface area contributed by atoms with Gasteiger partial charge in [-0.1, -0.05) is 0 Å². The van der Waals surface area contributed by atoms with Crippen LogP contribution >= 0.6 is 0 Å². The van der Waals surface area contributed by atoms with Gasteiger partial charge in [-0.2, -0.15) is 10.4 Å². The van der Waals surface area contributed by atoms with E-state index in [2.05, 4.69) is 16.2 Å². The number of nitrogens with one attached hydrogen (secondary N) is 1. The quantitative estimate of drug-likeness (QED) is 0.150. The second kappa shape index (κ2) is 3.55. The number of hydrogen-bond acceptors (Lipinski definition) is 5. The fourth-order valence-corrected chi connectivity index (χ4v) is 0.126. The smallest absolute Gasteiger partial charge is 0.246 e. The summed E-state index contributed by atoms with van der Waals surface area (Å²) in [6.07, 6.45) is 0. The van der Waals surface area contributed by atoms with E-state index in [9.17, 15) is 4.91 Å². The van der Waals surface area contributed by atoms with E-state index < -0.39 is 0 Å². The first-order chi connectivity index (χ1) is 3.85. The summed E-state index contributed by atoms with van der Waals surface area (Å²) in [6, 6.07) is 1.47. The van der Waals surface area contributed by atoms with Crippen LogP contribution in [0.5, 0.6) is 0 Å². The van der Waals surface area contributed by atoms with Crippen LogP contribution in [0.3, 0.4) is 0 Å². The van der Waals surface area contributed by atoms with E-state index >= 15 is 0 Å². The molecule has 0 unspecified atom stereocenters. The van der Waals surface area contributed by atoms with Gasteiger partial charge in [0.05, 0.1) is 5.29 Å². The van der Waals surface area contributed by atoms with E-state index in [-0.39, 0.29) is 5.84 Å². The van der Waals surface area contributed by atoms with Gasteiger partial charge in [0.25, 0.3) is 0 Å². The molecule has 0 atom stereocenters. The molecule has 6 heteroatoms. The van der Waals surface area contributed by atoms with Crippen LogP contribution in [-0.4, -0.2) is 5.84 Å². The molecule has 0 aromatic rings. The van der Waals surface area contributed by atoms with E-state index in [0.717, 1.165) is 0 Å². The van der Waals surface area contributed by atoms with Crippen molar-refractivity contribution in [3.8, 4) is 6.07 Å². The first kappa shape index (κ1) is 6.36. The Labute approximate surface area is 44.9 Å². The van der Waals surface area contributed by atoms with E-state index in [0.29, 0.717) is 0 Å². The molecular weight excluding hydrogens is 110 g/mol. The van der Waals surface area contributed by atoms with Gasteiger partial charge in [0.1, 0.15) is 6.07 Å². The number of nitrogens with two attached hydrogens (primary N) is 1. The summed E-state index contributed by atoms with van der Waals surface area (Å²) >= 11 is 0. The number of amidine groups is 1. The third-order valence-electron chi connectivity index (χ3n) is 0.387. The van der Waals surface area contributed by atoms with Crippen LogP contribution in [0, 0.1) is 16.2 Å². The molecule has 0 fully saturated rings. The lowest BCUT2D eigenvalue weighted by Gasteiger charge is -1.83. The second-order valence-corrected chi connectivity index (χ2v) is 0.793. The Hall–Kier alpha value is -1.64. The lowest BCUT2D eigenvalue weighted by atomic mass is 10.7. The highest BCUT2D eigenvalue weighted by Gasteiger charge is 1.88. The van der Waals surface area contributed by atoms with Gasteiger partial charge in [0, 0.05) is 0 Å². The molecule has 0 aromatic heterocycles. The predicted octanol–water partition coefficient (Wildman–Crippen LogP) is -0.947. The van der Waals surface area contributed by atoms with Crippen LogP contribution in [0.4, 0.5) is 0 Å². The van der Waals surface area contributed by atoms with Crippen molar-refractivity contribution in [3.63, 3.8) is 0 Å². The lowest BCUT2D eigenvalue weighted by Crippen LogP contribution is -2.15. The zero-order valence-corrected chi connectivity index (χ0v) is 3.83. The third-order valence-corrected chi connectivity index (χ3v) is 0.387. The minimum atomic E-state index is -0.306. The van der Waals surface area contributed by atoms with Crippen molar-refractivity contribution in [2.24, 2.45) is 16.2 Å². The van der Waals surface area contributed by atoms with Crippen molar-refractivity contribution in [2.45, 2.75) is 0 Å². The molecule has 0 saturated heterocycles. The van der Waals surface area contributed by atoms with E-state index in [4.69, 9.17) is 5.26 Å². The number of nitrogens with zero attached hydrogens (tertiary/aromatic N) is 3. The summed E-state index contributed by atoms with van der Waals surface area (Å²) in [6.45, 7) is 0. The van der Waals surface area contributed by atoms with Crippen LogP contribution in [0.2, 0.25) is 0 Å². The van der Waals surface area contributed by atoms with Gasteiger partial charge in [0.2, 0.25) is 5.84 Å². The van der Waals surface area contributed by atoms with Gasteiger partial charge in [-0.25, -0.2) is 5.43 Å². The van der Waals surface area contributed by atoms with Crippen LogP contribution in [0.15, 0.2) is 10.4 Å². The number of hydrazone groups is 1. The molecule has 0 heterocycles. The minimum Gasteiger partial charge on any atom is -0.320 e. The molecule has 0 aromatic carbocycles. The average molecular weight is 113 g/mol. The molecular formula is C2H3N5O. The molecule has 0 bridgehead atoms. The highest BCUT2D eigenvalue weighted by atomic mass is 16.3. The molecule has 0 rings (SSSR count). The Morgan fingerprint density at radius 2 is 2.50 bits per heavy atom. The summed E-state index contributed by atoms with van der Waals surface area (Å²) in [5.41, 5.74) is 1.72. The number of nitroso groups, excluding NO2 is 1. The highest BCUT2D eigenvalue weighted by molar-refractivity contribution is 5.95. The Bertz CT molecular complexity index is 143. The van der Waals surface area contributed by atoms with Crippen molar-refractivity contribution in [2.75, 3.05) is 0 Å². The molecule has 0 amide bonds. The summed E-state index contributed by atoms with van der Waals surface area (Å²) in [4.78, 5) is 9.28. The van der Waals surface area contributed by atoms with Crippen LogP contribution in [-0.2, 0) is 0 Å². The SMILES string of the molecule is N#CC(=NN)NN=O. The molecule has 0 spiro atoms. The lowest BCUT2D eigenvalue weighted by molar-refractivity contribution is 0.998. The number of nitriles is 1. The molecule has 0 aliphatic carbocycles. The van der Waals surface area contributed by atoms with Crippen molar-refractivity contribution >= 4 is 5.84 Å². The molecule has 0 aliphatic heterocycles. The summed E-state index contributed by atoms with van der Waals surface area (Å²) in [5.74, 6) is 4.27. The maximum absolute atomic E-state index is 9.28. The Balaban J connectivity index is 3.77. The van der Waals surface area contributed by atoms with Gasteiger partial charge in [0.15, 0.2) is 0 Å². The maximum atomic E-state index is 9.28. The van der Waals surface area contributed by atoms with Gasteiger partial charge in [-0.15, -0.1) is 4.91 Å². The molecule has 8 heavy (non-hydrogen) atoms. The highest BCUT2D eigenvalue weighted by Crippen LogP contribution is 1.62. The zero-order valence-electron chi connectivity index (χ0n) is 3.83. The predicted molar refractivity (Wildman–Crippen MR) is 26.2 cm³/mol. The van der Waals surface area contributed by atoms with Gasteiger partial charge in [-0.3, -0.25) is 0 Å². The largest absolute Gasteiger partial charge is 0.320 e. The Kier molecular flexibility index (Phi) is 2.82. The minimum absolute atomic E-state index is 0.306. The van der Waals surface area contributed by atoms with Crippen LogP contribution in [0.25, 0.3) is 0 Å². The number of rotatable bonds is 1. The third kappa shape index (κ3) is 1.71. The second-order valence-electron chi connectivity index (χ2n) is 0.793. The average Bonchev–Trinajstić information content (AvgIpc) is 1.83. The van der Waals surface area contributed by atoms with Crippen LogP contribution in [0.1, 0.15) is 0 Å². The van der Waals surface area contributed by atoms with Gasteiger partial charge in [-0.05, 0) is 0 Å². The van der Waals surface area contributed by atoms with Crippen molar-refractivity contribution < 1.29 is 0 Å². The zero-order chi connectivity index (χ0) is 6.41. The molecule has 6 nitrogen and oxygen atoms in total. The summed E-state index contributed by atoms with van der Waals surface area (Å²) < 4.78 is 0.